The molecule has 19 heavy (non-hydrogen) atoms. The van der Waals surface area contributed by atoms with Gasteiger partial charge in [0.15, 0.2) is 0 Å². The van der Waals surface area contributed by atoms with E-state index in [2.05, 4.69) is 10.3 Å². The summed E-state index contributed by atoms with van der Waals surface area (Å²) in [5.74, 6) is 1.28. The van der Waals surface area contributed by atoms with Crippen LogP contribution in [0.3, 0.4) is 0 Å². The monoisotopic (exact) mass is 261 g/mol. The van der Waals surface area contributed by atoms with Gasteiger partial charge in [0, 0.05) is 32.4 Å². The minimum absolute atomic E-state index is 0.184. The maximum absolute atomic E-state index is 13.0. The molecule has 0 aliphatic heterocycles. The molecule has 1 aromatic carbocycles. The molecule has 0 saturated carbocycles. The Labute approximate surface area is 113 Å². The molecule has 0 fully saturated rings. The van der Waals surface area contributed by atoms with Gasteiger partial charge < -0.3 is 9.88 Å². The molecule has 0 aliphatic rings. The lowest BCUT2D eigenvalue weighted by Crippen LogP contribution is -2.18. The summed E-state index contributed by atoms with van der Waals surface area (Å²) in [6.45, 7) is 0.885. The molecule has 0 spiro atoms. The lowest BCUT2D eigenvalue weighted by atomic mass is 9.94. The lowest BCUT2D eigenvalue weighted by molar-refractivity contribution is 0.565. The summed E-state index contributed by atoms with van der Waals surface area (Å²) in [5.41, 5.74) is 1.17. The fraction of sp³-hybridized carbons (Fsp3) is 0.400. The zero-order valence-corrected chi connectivity index (χ0v) is 11.4. The summed E-state index contributed by atoms with van der Waals surface area (Å²) >= 11 is 0. The minimum Gasteiger partial charge on any atom is -0.338 e. The first kappa shape index (κ1) is 13.7. The predicted octanol–water partition coefficient (Wildman–Crippen LogP) is 2.50. The van der Waals surface area contributed by atoms with Gasteiger partial charge in [0.1, 0.15) is 11.6 Å². The summed E-state index contributed by atoms with van der Waals surface area (Å²) in [6, 6.07) is 6.79. The van der Waals surface area contributed by atoms with Crippen molar-refractivity contribution in [1.29, 1.82) is 0 Å². The molecule has 0 saturated heterocycles. The molecule has 0 amide bonds. The lowest BCUT2D eigenvalue weighted by Gasteiger charge is -2.17. The number of nitrogens with one attached hydrogen (secondary N) is 1. The van der Waals surface area contributed by atoms with Gasteiger partial charge >= 0.3 is 0 Å². The van der Waals surface area contributed by atoms with Crippen LogP contribution >= 0.6 is 0 Å². The Balaban J connectivity index is 2.04. The smallest absolute Gasteiger partial charge is 0.123 e. The van der Waals surface area contributed by atoms with Crippen LogP contribution in [0.25, 0.3) is 0 Å². The first-order chi connectivity index (χ1) is 9.20. The summed E-state index contributed by atoms with van der Waals surface area (Å²) < 4.78 is 15.0. The predicted molar refractivity (Wildman–Crippen MR) is 74.6 cm³/mol. The van der Waals surface area contributed by atoms with Gasteiger partial charge in [-0.15, -0.1) is 0 Å². The highest BCUT2D eigenvalue weighted by Crippen LogP contribution is 2.21. The van der Waals surface area contributed by atoms with E-state index in [1.807, 2.05) is 43.2 Å². The molecule has 0 bridgehead atoms. The first-order valence-electron chi connectivity index (χ1n) is 6.57. The van der Waals surface area contributed by atoms with Crippen LogP contribution in [-0.2, 0) is 13.5 Å². The quantitative estimate of drug-likeness (QED) is 0.866. The van der Waals surface area contributed by atoms with Gasteiger partial charge in [0.25, 0.3) is 0 Å². The van der Waals surface area contributed by atoms with E-state index in [-0.39, 0.29) is 5.82 Å². The van der Waals surface area contributed by atoms with Crippen LogP contribution in [0.2, 0.25) is 0 Å². The third-order valence-corrected chi connectivity index (χ3v) is 3.43. The largest absolute Gasteiger partial charge is 0.338 e. The summed E-state index contributed by atoms with van der Waals surface area (Å²) in [5, 5.41) is 3.20. The van der Waals surface area contributed by atoms with E-state index in [1.54, 1.807) is 0 Å². The van der Waals surface area contributed by atoms with Gasteiger partial charge in [-0.25, -0.2) is 9.37 Å². The van der Waals surface area contributed by atoms with Crippen molar-refractivity contribution in [1.82, 2.24) is 14.9 Å². The normalized spacial score (nSPS) is 12.6. The second-order valence-electron chi connectivity index (χ2n) is 4.80. The van der Waals surface area contributed by atoms with Crippen molar-refractivity contribution in [2.24, 2.45) is 7.05 Å². The first-order valence-corrected chi connectivity index (χ1v) is 6.57. The van der Waals surface area contributed by atoms with Crippen molar-refractivity contribution in [3.63, 3.8) is 0 Å². The zero-order chi connectivity index (χ0) is 13.7. The van der Waals surface area contributed by atoms with Crippen LogP contribution in [0.5, 0.6) is 0 Å². The van der Waals surface area contributed by atoms with Gasteiger partial charge in [-0.2, -0.15) is 0 Å². The number of rotatable bonds is 6. The van der Waals surface area contributed by atoms with Crippen LogP contribution in [0, 0.1) is 5.82 Å². The van der Waals surface area contributed by atoms with Crippen molar-refractivity contribution < 1.29 is 4.39 Å². The fourth-order valence-electron chi connectivity index (χ4n) is 2.31. The molecule has 1 N–H and O–H groups in total. The standard InChI is InChI=1S/C15H20FN3/c1-17-11-13(12-3-6-14(16)7-4-12)5-8-15-18-9-10-19(15)2/h3-4,6-7,9-10,13,17H,5,8,11H2,1-2H3. The van der Waals surface area contributed by atoms with Crippen LogP contribution < -0.4 is 5.32 Å². The van der Waals surface area contributed by atoms with Crippen LogP contribution in [-0.4, -0.2) is 23.1 Å². The van der Waals surface area contributed by atoms with Crippen molar-refractivity contribution in [3.05, 3.63) is 53.9 Å². The number of imidazole rings is 1. The summed E-state index contributed by atoms with van der Waals surface area (Å²) in [7, 11) is 3.95. The average molecular weight is 261 g/mol. The van der Waals surface area contributed by atoms with Crippen molar-refractivity contribution in [2.75, 3.05) is 13.6 Å². The Morgan fingerprint density at radius 2 is 2.05 bits per heavy atom. The maximum atomic E-state index is 13.0. The molecule has 102 valence electrons. The molecular formula is C15H20FN3. The Hall–Kier alpha value is -1.68. The Kier molecular flexibility index (Phi) is 4.68. The van der Waals surface area contributed by atoms with E-state index < -0.39 is 0 Å². The molecule has 0 aliphatic carbocycles. The highest BCUT2D eigenvalue weighted by molar-refractivity contribution is 5.21. The second kappa shape index (κ2) is 6.48. The highest BCUT2D eigenvalue weighted by atomic mass is 19.1. The number of hydrogen-bond donors (Lipinski definition) is 1. The van der Waals surface area contributed by atoms with Gasteiger partial charge in [0.2, 0.25) is 0 Å². The number of aromatic nitrogens is 2. The van der Waals surface area contributed by atoms with Crippen molar-refractivity contribution in [2.45, 2.75) is 18.8 Å². The molecule has 2 rings (SSSR count). The number of halogens is 1. The number of hydrogen-bond acceptors (Lipinski definition) is 2. The highest BCUT2D eigenvalue weighted by Gasteiger charge is 2.12. The summed E-state index contributed by atoms with van der Waals surface area (Å²) in [4.78, 5) is 4.34. The second-order valence-corrected chi connectivity index (χ2v) is 4.80. The summed E-state index contributed by atoms with van der Waals surface area (Å²) in [6.07, 6.45) is 5.70. The molecule has 1 heterocycles. The van der Waals surface area contributed by atoms with Crippen LogP contribution in [0.15, 0.2) is 36.7 Å². The average Bonchev–Trinajstić information content (AvgIpc) is 2.81. The van der Waals surface area contributed by atoms with Crippen molar-refractivity contribution in [3.8, 4) is 0 Å². The van der Waals surface area contributed by atoms with Gasteiger partial charge in [-0.3, -0.25) is 0 Å². The third kappa shape index (κ3) is 3.64. The number of nitrogens with zero attached hydrogens (tertiary/aromatic N) is 2. The van der Waals surface area contributed by atoms with E-state index >= 15 is 0 Å². The number of likely N-dealkylation sites (N-methyl/N-ethyl adjacent to an activating group) is 1. The molecule has 2 aromatic rings. The fourth-order valence-corrected chi connectivity index (χ4v) is 2.31. The molecule has 1 aromatic heterocycles. The number of aryl methyl sites for hydroxylation is 2. The van der Waals surface area contributed by atoms with Gasteiger partial charge in [0.05, 0.1) is 0 Å². The topological polar surface area (TPSA) is 29.9 Å². The Bertz CT molecular complexity index is 504. The third-order valence-electron chi connectivity index (χ3n) is 3.43. The molecule has 3 nitrogen and oxygen atoms in total. The Morgan fingerprint density at radius 3 is 2.63 bits per heavy atom. The molecule has 4 heteroatoms. The van der Waals surface area contributed by atoms with Crippen molar-refractivity contribution >= 4 is 0 Å². The van der Waals surface area contributed by atoms with E-state index in [4.69, 9.17) is 0 Å². The zero-order valence-electron chi connectivity index (χ0n) is 11.4. The van der Waals surface area contributed by atoms with Crippen LogP contribution in [0.4, 0.5) is 4.39 Å². The SMILES string of the molecule is CNCC(CCc1nccn1C)c1ccc(F)cc1. The molecule has 0 radical (unpaired) electrons. The van der Waals surface area contributed by atoms with Gasteiger partial charge in [-0.05, 0) is 37.1 Å². The molecule has 1 atom stereocenters. The minimum atomic E-state index is -0.184. The van der Waals surface area contributed by atoms with Crippen LogP contribution in [0.1, 0.15) is 23.7 Å². The molecular weight excluding hydrogens is 241 g/mol. The van der Waals surface area contributed by atoms with E-state index in [9.17, 15) is 4.39 Å². The maximum Gasteiger partial charge on any atom is 0.123 e. The van der Waals surface area contributed by atoms with E-state index in [1.165, 1.54) is 17.7 Å². The van der Waals surface area contributed by atoms with E-state index in [0.717, 1.165) is 25.2 Å². The van der Waals surface area contributed by atoms with Gasteiger partial charge in [-0.1, -0.05) is 12.1 Å². The Morgan fingerprint density at radius 1 is 1.32 bits per heavy atom. The van der Waals surface area contributed by atoms with E-state index in [0.29, 0.717) is 5.92 Å². The molecule has 1 unspecified atom stereocenters. The number of benzene rings is 1.